The second kappa shape index (κ2) is 9.17. The van der Waals surface area contributed by atoms with E-state index in [0.29, 0.717) is 32.6 Å². The molecule has 0 radical (unpaired) electrons. The van der Waals surface area contributed by atoms with Gasteiger partial charge < -0.3 is 4.90 Å². The number of hydrogen-bond acceptors (Lipinski definition) is 3. The summed E-state index contributed by atoms with van der Waals surface area (Å²) in [6.07, 6.45) is 2.04. The number of piperazine rings is 1. The molecule has 0 aromatic heterocycles. The molecule has 28 heavy (non-hydrogen) atoms. The van der Waals surface area contributed by atoms with E-state index in [2.05, 4.69) is 0 Å². The van der Waals surface area contributed by atoms with Crippen LogP contribution in [0.15, 0.2) is 66.1 Å². The predicted molar refractivity (Wildman–Crippen MR) is 112 cm³/mol. The second-order valence-electron chi connectivity index (χ2n) is 7.05. The van der Waals surface area contributed by atoms with Crippen LogP contribution in [0.2, 0.25) is 0 Å². The fourth-order valence-corrected chi connectivity index (χ4v) is 4.47. The van der Waals surface area contributed by atoms with Gasteiger partial charge in [-0.1, -0.05) is 67.6 Å². The van der Waals surface area contributed by atoms with Crippen molar-refractivity contribution in [3.8, 4) is 0 Å². The lowest BCUT2D eigenvalue weighted by atomic mass is 9.97. The Hall–Kier alpha value is -2.44. The SMILES string of the molecule is CC(CC(=O)N1CCN(S(=O)(=O)/C=C/c2ccccc2)CC1)c1ccccc1. The van der Waals surface area contributed by atoms with E-state index in [1.165, 1.54) is 9.71 Å². The summed E-state index contributed by atoms with van der Waals surface area (Å²) >= 11 is 0. The molecule has 1 aliphatic rings. The number of nitrogens with zero attached hydrogens (tertiary/aromatic N) is 2. The van der Waals surface area contributed by atoms with E-state index in [1.54, 1.807) is 11.0 Å². The molecule has 1 heterocycles. The van der Waals surface area contributed by atoms with E-state index in [0.717, 1.165) is 11.1 Å². The standard InChI is InChI=1S/C22H26N2O3S/c1-19(21-10-6-3-7-11-21)18-22(25)23-13-15-24(16-14-23)28(26,27)17-12-20-8-4-2-5-9-20/h2-12,17,19H,13-16,18H2,1H3/b17-12+. The summed E-state index contributed by atoms with van der Waals surface area (Å²) in [5, 5.41) is 1.25. The second-order valence-corrected chi connectivity index (χ2v) is 8.87. The van der Waals surface area contributed by atoms with Gasteiger partial charge in [-0.05, 0) is 23.1 Å². The Morgan fingerprint density at radius 2 is 1.54 bits per heavy atom. The topological polar surface area (TPSA) is 57.7 Å². The third kappa shape index (κ3) is 5.30. The van der Waals surface area contributed by atoms with Gasteiger partial charge in [-0.2, -0.15) is 4.31 Å². The van der Waals surface area contributed by atoms with E-state index >= 15 is 0 Å². The molecule has 0 N–H and O–H groups in total. The van der Waals surface area contributed by atoms with Crippen LogP contribution in [-0.2, 0) is 14.8 Å². The molecular formula is C22H26N2O3S. The normalized spacial score (nSPS) is 17.0. The van der Waals surface area contributed by atoms with Gasteiger partial charge in [-0.25, -0.2) is 8.42 Å². The molecule has 0 spiro atoms. The van der Waals surface area contributed by atoms with Crippen molar-refractivity contribution in [1.82, 2.24) is 9.21 Å². The van der Waals surface area contributed by atoms with Crippen LogP contribution >= 0.6 is 0 Å². The first-order valence-corrected chi connectivity index (χ1v) is 11.0. The molecular weight excluding hydrogens is 372 g/mol. The van der Waals surface area contributed by atoms with Crippen LogP contribution in [0, 0.1) is 0 Å². The lowest BCUT2D eigenvalue weighted by molar-refractivity contribution is -0.132. The summed E-state index contributed by atoms with van der Waals surface area (Å²) < 4.78 is 26.5. The molecule has 0 bridgehead atoms. The Morgan fingerprint density at radius 1 is 0.964 bits per heavy atom. The van der Waals surface area contributed by atoms with Gasteiger partial charge in [-0.15, -0.1) is 0 Å². The van der Waals surface area contributed by atoms with Crippen molar-refractivity contribution in [3.63, 3.8) is 0 Å². The Balaban J connectivity index is 1.53. The van der Waals surface area contributed by atoms with Gasteiger partial charge in [0, 0.05) is 38.0 Å². The Morgan fingerprint density at radius 3 is 2.14 bits per heavy atom. The first-order chi connectivity index (χ1) is 13.5. The average Bonchev–Trinajstić information content (AvgIpc) is 2.74. The number of rotatable bonds is 6. The molecule has 1 atom stereocenters. The lowest BCUT2D eigenvalue weighted by Gasteiger charge is -2.34. The smallest absolute Gasteiger partial charge is 0.236 e. The number of carbonyl (C=O) groups is 1. The first-order valence-electron chi connectivity index (χ1n) is 9.52. The zero-order valence-electron chi connectivity index (χ0n) is 16.1. The molecule has 1 saturated heterocycles. The predicted octanol–water partition coefficient (Wildman–Crippen LogP) is 3.33. The molecule has 1 fully saturated rings. The summed E-state index contributed by atoms with van der Waals surface area (Å²) in [7, 11) is -3.48. The minimum atomic E-state index is -3.48. The monoisotopic (exact) mass is 398 g/mol. The quantitative estimate of drug-likeness (QED) is 0.750. The fourth-order valence-electron chi connectivity index (χ4n) is 3.30. The van der Waals surface area contributed by atoms with Gasteiger partial charge in [0.2, 0.25) is 15.9 Å². The van der Waals surface area contributed by atoms with Crippen LogP contribution in [-0.4, -0.2) is 49.7 Å². The Kier molecular flexibility index (Phi) is 6.65. The van der Waals surface area contributed by atoms with Crippen molar-refractivity contribution in [2.24, 2.45) is 0 Å². The summed E-state index contributed by atoms with van der Waals surface area (Å²) in [5.74, 6) is 0.220. The highest BCUT2D eigenvalue weighted by molar-refractivity contribution is 7.92. The van der Waals surface area contributed by atoms with Gasteiger partial charge in [0.1, 0.15) is 0 Å². The van der Waals surface area contributed by atoms with Crippen molar-refractivity contribution in [2.75, 3.05) is 26.2 Å². The maximum absolute atomic E-state index is 12.6. The summed E-state index contributed by atoms with van der Waals surface area (Å²) in [5.41, 5.74) is 1.98. The zero-order chi connectivity index (χ0) is 20.0. The third-order valence-corrected chi connectivity index (χ3v) is 6.60. The molecule has 148 valence electrons. The van der Waals surface area contributed by atoms with Crippen molar-refractivity contribution < 1.29 is 13.2 Å². The van der Waals surface area contributed by atoms with Crippen LogP contribution in [0.25, 0.3) is 6.08 Å². The first kappa shape index (κ1) is 20.3. The summed E-state index contributed by atoms with van der Waals surface area (Å²) in [4.78, 5) is 14.4. The molecule has 5 nitrogen and oxygen atoms in total. The zero-order valence-corrected chi connectivity index (χ0v) is 16.9. The van der Waals surface area contributed by atoms with Crippen LogP contribution in [0.5, 0.6) is 0 Å². The van der Waals surface area contributed by atoms with Crippen molar-refractivity contribution in [2.45, 2.75) is 19.3 Å². The number of hydrogen-bond donors (Lipinski definition) is 0. The number of sulfonamides is 1. The molecule has 1 aliphatic heterocycles. The van der Waals surface area contributed by atoms with E-state index in [-0.39, 0.29) is 11.8 Å². The van der Waals surface area contributed by atoms with Gasteiger partial charge in [0.25, 0.3) is 0 Å². The average molecular weight is 399 g/mol. The number of carbonyl (C=O) groups excluding carboxylic acids is 1. The van der Waals surface area contributed by atoms with Crippen molar-refractivity contribution in [1.29, 1.82) is 0 Å². The Bertz CT molecular complexity index is 903. The van der Waals surface area contributed by atoms with Crippen LogP contribution in [0.1, 0.15) is 30.4 Å². The number of amides is 1. The van der Waals surface area contributed by atoms with E-state index in [1.807, 2.05) is 67.6 Å². The highest BCUT2D eigenvalue weighted by Crippen LogP contribution is 2.20. The molecule has 1 amide bonds. The molecule has 2 aromatic carbocycles. The molecule has 0 aliphatic carbocycles. The van der Waals surface area contributed by atoms with Crippen molar-refractivity contribution in [3.05, 3.63) is 77.2 Å². The molecule has 3 rings (SSSR count). The highest BCUT2D eigenvalue weighted by atomic mass is 32.2. The lowest BCUT2D eigenvalue weighted by Crippen LogP contribution is -2.50. The maximum Gasteiger partial charge on any atom is 0.236 e. The van der Waals surface area contributed by atoms with Crippen LogP contribution < -0.4 is 0 Å². The van der Waals surface area contributed by atoms with Gasteiger partial charge in [0.15, 0.2) is 0 Å². The van der Waals surface area contributed by atoms with Crippen LogP contribution in [0.3, 0.4) is 0 Å². The van der Waals surface area contributed by atoms with Crippen LogP contribution in [0.4, 0.5) is 0 Å². The maximum atomic E-state index is 12.6. The summed E-state index contributed by atoms with van der Waals surface area (Å²) in [6, 6.07) is 19.3. The largest absolute Gasteiger partial charge is 0.340 e. The van der Waals surface area contributed by atoms with Crippen molar-refractivity contribution >= 4 is 22.0 Å². The molecule has 0 saturated carbocycles. The van der Waals surface area contributed by atoms with Gasteiger partial charge in [0.05, 0.1) is 0 Å². The molecule has 1 unspecified atom stereocenters. The van der Waals surface area contributed by atoms with Gasteiger partial charge >= 0.3 is 0 Å². The minimum absolute atomic E-state index is 0.0771. The fraction of sp³-hybridized carbons (Fsp3) is 0.318. The number of benzene rings is 2. The van der Waals surface area contributed by atoms with E-state index < -0.39 is 10.0 Å². The molecule has 2 aromatic rings. The summed E-state index contributed by atoms with van der Waals surface area (Å²) in [6.45, 7) is 3.56. The highest BCUT2D eigenvalue weighted by Gasteiger charge is 2.27. The Labute approximate surface area is 167 Å². The van der Waals surface area contributed by atoms with Gasteiger partial charge in [-0.3, -0.25) is 4.79 Å². The van der Waals surface area contributed by atoms with E-state index in [9.17, 15) is 13.2 Å². The minimum Gasteiger partial charge on any atom is -0.340 e. The van der Waals surface area contributed by atoms with E-state index in [4.69, 9.17) is 0 Å². The third-order valence-electron chi connectivity index (χ3n) is 5.03. The molecule has 6 heteroatoms.